The maximum atomic E-state index is 5.48. The number of hydrogen-bond acceptors (Lipinski definition) is 7. The van der Waals surface area contributed by atoms with Gasteiger partial charge < -0.3 is 10.1 Å². The lowest BCUT2D eigenvalue weighted by atomic mass is 10.3. The molecule has 7 nitrogen and oxygen atoms in total. The van der Waals surface area contributed by atoms with Crippen molar-refractivity contribution in [2.45, 2.75) is 6.54 Å². The number of rotatable bonds is 5. The summed E-state index contributed by atoms with van der Waals surface area (Å²) in [5, 5.41) is 16.4. The zero-order chi connectivity index (χ0) is 13.8. The van der Waals surface area contributed by atoms with Crippen LogP contribution < -0.4 is 10.1 Å². The first-order valence-electron chi connectivity index (χ1n) is 5.97. The minimum absolute atomic E-state index is 0.251. The molecule has 0 unspecified atom stereocenters. The number of ether oxygens (including phenoxy) is 1. The first-order valence-corrected chi connectivity index (χ1v) is 6.79. The van der Waals surface area contributed by atoms with Gasteiger partial charge in [-0.05, 0) is 19.2 Å². The fraction of sp³-hybridized carbons (Fsp3) is 0.167. The van der Waals surface area contributed by atoms with E-state index < -0.39 is 0 Å². The lowest BCUT2D eigenvalue weighted by Crippen LogP contribution is -2.04. The van der Waals surface area contributed by atoms with E-state index in [1.165, 1.54) is 11.3 Å². The minimum Gasteiger partial charge on any atom is -0.393 e. The number of nitrogens with one attached hydrogen (secondary N) is 1. The van der Waals surface area contributed by atoms with E-state index in [-0.39, 0.29) is 6.01 Å². The molecule has 1 N–H and O–H groups in total. The summed E-state index contributed by atoms with van der Waals surface area (Å²) in [6.45, 7) is 0.660. The van der Waals surface area contributed by atoms with Crippen molar-refractivity contribution in [3.8, 4) is 16.9 Å². The number of aromatic nitrogens is 5. The van der Waals surface area contributed by atoms with Gasteiger partial charge in [-0.2, -0.15) is 4.98 Å². The Hall–Kier alpha value is -2.32. The van der Waals surface area contributed by atoms with Crippen molar-refractivity contribution < 1.29 is 4.74 Å². The average molecular weight is 288 g/mol. The predicted molar refractivity (Wildman–Crippen MR) is 74.1 cm³/mol. The Bertz CT molecular complexity index is 680. The second-order valence-corrected chi connectivity index (χ2v) is 4.93. The van der Waals surface area contributed by atoms with Crippen molar-refractivity contribution in [3.63, 3.8) is 0 Å². The maximum Gasteiger partial charge on any atom is 0.343 e. The standard InChI is InChI=1S/C12H12N6OS/c1-13-7-10-15-16-12(20-10)19-11-14-8-18(17-11)9-5-3-2-4-6-9/h2-6,8,13H,7H2,1H3. The third-order valence-electron chi connectivity index (χ3n) is 2.45. The summed E-state index contributed by atoms with van der Waals surface area (Å²) in [4.78, 5) is 4.10. The van der Waals surface area contributed by atoms with Crippen LogP contribution >= 0.6 is 11.3 Å². The average Bonchev–Trinajstić information content (AvgIpc) is 3.11. The molecule has 0 aliphatic heterocycles. The fourth-order valence-electron chi connectivity index (χ4n) is 1.58. The lowest BCUT2D eigenvalue weighted by Gasteiger charge is -1.97. The molecule has 102 valence electrons. The van der Waals surface area contributed by atoms with Crippen molar-refractivity contribution in [2.75, 3.05) is 7.05 Å². The van der Waals surface area contributed by atoms with Gasteiger partial charge in [-0.1, -0.05) is 34.6 Å². The highest BCUT2D eigenvalue weighted by atomic mass is 32.1. The summed E-state index contributed by atoms with van der Waals surface area (Å²) >= 11 is 1.36. The van der Waals surface area contributed by atoms with E-state index in [4.69, 9.17) is 4.74 Å². The Labute approximate surface area is 119 Å². The van der Waals surface area contributed by atoms with Gasteiger partial charge in [-0.3, -0.25) is 0 Å². The van der Waals surface area contributed by atoms with Crippen LogP contribution in [0.15, 0.2) is 36.7 Å². The Morgan fingerprint density at radius 1 is 1.25 bits per heavy atom. The first kappa shape index (κ1) is 12.7. The van der Waals surface area contributed by atoms with Gasteiger partial charge in [0.05, 0.1) is 5.69 Å². The van der Waals surface area contributed by atoms with Gasteiger partial charge in [0.2, 0.25) is 0 Å². The van der Waals surface area contributed by atoms with E-state index >= 15 is 0 Å². The van der Waals surface area contributed by atoms with Crippen LogP contribution in [-0.4, -0.2) is 32.0 Å². The van der Waals surface area contributed by atoms with Crippen LogP contribution in [-0.2, 0) is 6.54 Å². The molecule has 8 heteroatoms. The molecule has 3 rings (SSSR count). The van der Waals surface area contributed by atoms with E-state index in [1.54, 1.807) is 11.0 Å². The summed E-state index contributed by atoms with van der Waals surface area (Å²) in [5.74, 6) is 0. The van der Waals surface area contributed by atoms with Crippen molar-refractivity contribution in [1.29, 1.82) is 0 Å². The van der Waals surface area contributed by atoms with Gasteiger partial charge in [-0.25, -0.2) is 4.68 Å². The van der Waals surface area contributed by atoms with Crippen molar-refractivity contribution in [2.24, 2.45) is 0 Å². The largest absolute Gasteiger partial charge is 0.393 e. The third kappa shape index (κ3) is 2.81. The summed E-state index contributed by atoms with van der Waals surface area (Å²) < 4.78 is 7.13. The molecule has 0 spiro atoms. The Balaban J connectivity index is 1.73. The first-order chi connectivity index (χ1) is 9.85. The molecule has 2 heterocycles. The van der Waals surface area contributed by atoms with Crippen LogP contribution in [0.5, 0.6) is 11.2 Å². The van der Waals surface area contributed by atoms with E-state index in [9.17, 15) is 0 Å². The van der Waals surface area contributed by atoms with E-state index in [0.29, 0.717) is 11.7 Å². The molecule has 0 saturated heterocycles. The molecule has 1 aromatic carbocycles. The summed E-state index contributed by atoms with van der Waals surface area (Å²) in [7, 11) is 1.85. The summed E-state index contributed by atoms with van der Waals surface area (Å²) in [6.07, 6.45) is 1.60. The van der Waals surface area contributed by atoms with Gasteiger partial charge >= 0.3 is 11.2 Å². The van der Waals surface area contributed by atoms with Crippen molar-refractivity contribution in [1.82, 2.24) is 30.3 Å². The van der Waals surface area contributed by atoms with Crippen LogP contribution in [0.3, 0.4) is 0 Å². The molecule has 0 saturated carbocycles. The van der Waals surface area contributed by atoms with Crippen molar-refractivity contribution in [3.05, 3.63) is 41.7 Å². The van der Waals surface area contributed by atoms with E-state index in [2.05, 4.69) is 25.6 Å². The fourth-order valence-corrected chi connectivity index (χ4v) is 2.28. The Morgan fingerprint density at radius 2 is 2.10 bits per heavy atom. The summed E-state index contributed by atoms with van der Waals surface area (Å²) in [6, 6.07) is 9.95. The third-order valence-corrected chi connectivity index (χ3v) is 3.25. The normalized spacial score (nSPS) is 10.7. The molecule has 0 fully saturated rings. The van der Waals surface area contributed by atoms with Gasteiger partial charge in [0.15, 0.2) is 0 Å². The van der Waals surface area contributed by atoms with Gasteiger partial charge in [0, 0.05) is 6.54 Å². The zero-order valence-electron chi connectivity index (χ0n) is 10.7. The maximum absolute atomic E-state index is 5.48. The molecule has 20 heavy (non-hydrogen) atoms. The topological polar surface area (TPSA) is 77.8 Å². The number of nitrogens with zero attached hydrogens (tertiary/aromatic N) is 5. The van der Waals surface area contributed by atoms with Crippen LogP contribution in [0.25, 0.3) is 5.69 Å². The second kappa shape index (κ2) is 5.76. The van der Waals surface area contributed by atoms with Crippen LogP contribution in [0.4, 0.5) is 0 Å². The minimum atomic E-state index is 0.251. The van der Waals surface area contributed by atoms with Crippen molar-refractivity contribution >= 4 is 11.3 Å². The quantitative estimate of drug-likeness (QED) is 0.769. The molecule has 0 aliphatic rings. The molecule has 0 radical (unpaired) electrons. The van der Waals surface area contributed by atoms with Crippen LogP contribution in [0.1, 0.15) is 5.01 Å². The SMILES string of the molecule is CNCc1nnc(Oc2ncn(-c3ccccc3)n2)s1. The molecular formula is C12H12N6OS. The van der Waals surface area contributed by atoms with Crippen LogP contribution in [0, 0.1) is 0 Å². The lowest BCUT2D eigenvalue weighted by molar-refractivity contribution is 0.434. The molecule has 0 atom stereocenters. The van der Waals surface area contributed by atoms with E-state index in [1.807, 2.05) is 37.4 Å². The van der Waals surface area contributed by atoms with Gasteiger partial charge in [0.1, 0.15) is 11.3 Å². The molecule has 2 aromatic heterocycles. The smallest absolute Gasteiger partial charge is 0.343 e. The number of benzene rings is 1. The Morgan fingerprint density at radius 3 is 2.90 bits per heavy atom. The predicted octanol–water partition coefficient (Wildman–Crippen LogP) is 1.63. The molecule has 0 amide bonds. The summed E-state index contributed by atoms with van der Waals surface area (Å²) in [5.41, 5.74) is 0.919. The molecule has 3 aromatic rings. The zero-order valence-corrected chi connectivity index (χ0v) is 11.5. The molecule has 0 aliphatic carbocycles. The number of hydrogen-bond donors (Lipinski definition) is 1. The van der Waals surface area contributed by atoms with Gasteiger partial charge in [-0.15, -0.1) is 10.2 Å². The monoisotopic (exact) mass is 288 g/mol. The van der Waals surface area contributed by atoms with Crippen LogP contribution in [0.2, 0.25) is 0 Å². The highest BCUT2D eigenvalue weighted by Crippen LogP contribution is 2.22. The highest BCUT2D eigenvalue weighted by molar-refractivity contribution is 7.13. The number of para-hydroxylation sites is 1. The van der Waals surface area contributed by atoms with E-state index in [0.717, 1.165) is 10.7 Å². The second-order valence-electron chi connectivity index (χ2n) is 3.90. The van der Waals surface area contributed by atoms with Gasteiger partial charge in [0.25, 0.3) is 0 Å². The highest BCUT2D eigenvalue weighted by Gasteiger charge is 2.09. The molecule has 0 bridgehead atoms. The Kier molecular flexibility index (Phi) is 3.66. The molecular weight excluding hydrogens is 276 g/mol.